The SMILES string of the molecule is CCNC(Cc1c(C)cc(C)cc1C)c1ccc(Br)s1. The summed E-state index contributed by atoms with van der Waals surface area (Å²) in [7, 11) is 0. The molecule has 3 heteroatoms. The molecule has 2 rings (SSSR count). The highest BCUT2D eigenvalue weighted by molar-refractivity contribution is 9.11. The van der Waals surface area contributed by atoms with E-state index >= 15 is 0 Å². The van der Waals surface area contributed by atoms with Crippen molar-refractivity contribution in [1.29, 1.82) is 0 Å². The molecule has 2 aromatic rings. The van der Waals surface area contributed by atoms with Crippen LogP contribution in [0.15, 0.2) is 28.1 Å². The second-order valence-electron chi connectivity index (χ2n) is 5.33. The summed E-state index contributed by atoms with van der Waals surface area (Å²) in [5.41, 5.74) is 5.63. The Morgan fingerprint density at radius 2 is 1.80 bits per heavy atom. The molecule has 0 saturated heterocycles. The molecule has 0 amide bonds. The van der Waals surface area contributed by atoms with Gasteiger partial charge in [-0.1, -0.05) is 24.6 Å². The third-order valence-corrected chi connectivity index (χ3v) is 5.37. The zero-order chi connectivity index (χ0) is 14.7. The number of benzene rings is 1. The van der Waals surface area contributed by atoms with Gasteiger partial charge < -0.3 is 5.32 Å². The molecule has 1 atom stereocenters. The summed E-state index contributed by atoms with van der Waals surface area (Å²) >= 11 is 5.39. The van der Waals surface area contributed by atoms with Gasteiger partial charge in [-0.3, -0.25) is 0 Å². The summed E-state index contributed by atoms with van der Waals surface area (Å²) in [6.07, 6.45) is 1.05. The van der Waals surface area contributed by atoms with Crippen LogP contribution in [0.2, 0.25) is 0 Å². The van der Waals surface area contributed by atoms with Crippen molar-refractivity contribution >= 4 is 27.3 Å². The fourth-order valence-electron chi connectivity index (χ4n) is 2.77. The van der Waals surface area contributed by atoms with Crippen molar-refractivity contribution in [3.05, 3.63) is 55.2 Å². The zero-order valence-electron chi connectivity index (χ0n) is 12.6. The maximum atomic E-state index is 3.62. The lowest BCUT2D eigenvalue weighted by Gasteiger charge is -2.20. The molecule has 20 heavy (non-hydrogen) atoms. The molecule has 1 aromatic carbocycles. The first kappa shape index (κ1) is 15.7. The second kappa shape index (κ2) is 6.88. The van der Waals surface area contributed by atoms with E-state index in [1.54, 1.807) is 0 Å². The highest BCUT2D eigenvalue weighted by atomic mass is 79.9. The lowest BCUT2D eigenvalue weighted by Crippen LogP contribution is -2.22. The lowest BCUT2D eigenvalue weighted by atomic mass is 9.94. The Balaban J connectivity index is 2.29. The predicted molar refractivity (Wildman–Crippen MR) is 92.8 cm³/mol. The third-order valence-electron chi connectivity index (χ3n) is 3.64. The van der Waals surface area contributed by atoms with Crippen LogP contribution in [0.3, 0.4) is 0 Å². The molecule has 1 nitrogen and oxygen atoms in total. The number of nitrogens with one attached hydrogen (secondary N) is 1. The summed E-state index contributed by atoms with van der Waals surface area (Å²) in [4.78, 5) is 1.40. The van der Waals surface area contributed by atoms with E-state index in [4.69, 9.17) is 0 Å². The molecule has 0 bridgehead atoms. The molecule has 1 unspecified atom stereocenters. The van der Waals surface area contributed by atoms with Crippen LogP contribution in [0.5, 0.6) is 0 Å². The fraction of sp³-hybridized carbons (Fsp3) is 0.412. The summed E-state index contributed by atoms with van der Waals surface area (Å²) in [5.74, 6) is 0. The van der Waals surface area contributed by atoms with Crippen LogP contribution in [0, 0.1) is 20.8 Å². The molecule has 108 valence electrons. The van der Waals surface area contributed by atoms with Gasteiger partial charge in [0.15, 0.2) is 0 Å². The van der Waals surface area contributed by atoms with Gasteiger partial charge in [0.05, 0.1) is 3.79 Å². The van der Waals surface area contributed by atoms with Crippen LogP contribution in [0.25, 0.3) is 0 Å². The van der Waals surface area contributed by atoms with E-state index in [1.165, 1.54) is 30.9 Å². The van der Waals surface area contributed by atoms with Crippen LogP contribution in [0.1, 0.15) is 40.1 Å². The smallest absolute Gasteiger partial charge is 0.0701 e. The molecule has 1 aromatic heterocycles. The highest BCUT2D eigenvalue weighted by Crippen LogP contribution is 2.31. The average Bonchev–Trinajstić information content (AvgIpc) is 2.79. The minimum atomic E-state index is 0.399. The lowest BCUT2D eigenvalue weighted by molar-refractivity contribution is 0.556. The average molecular weight is 352 g/mol. The van der Waals surface area contributed by atoms with Gasteiger partial charge in [-0.25, -0.2) is 0 Å². The van der Waals surface area contributed by atoms with Crippen molar-refractivity contribution in [2.75, 3.05) is 6.54 Å². The summed E-state index contributed by atoms with van der Waals surface area (Å²) < 4.78 is 1.20. The normalized spacial score (nSPS) is 12.7. The molecule has 0 spiro atoms. The number of thiophene rings is 1. The highest BCUT2D eigenvalue weighted by Gasteiger charge is 2.16. The maximum absolute atomic E-state index is 3.62. The molecule has 0 radical (unpaired) electrons. The Kier molecular flexibility index (Phi) is 5.42. The van der Waals surface area contributed by atoms with Gasteiger partial charge in [-0.15, -0.1) is 11.3 Å². The molecule has 0 saturated carbocycles. The van der Waals surface area contributed by atoms with Crippen molar-refractivity contribution < 1.29 is 0 Å². The first-order valence-electron chi connectivity index (χ1n) is 7.06. The van der Waals surface area contributed by atoms with Gasteiger partial charge in [0.25, 0.3) is 0 Å². The van der Waals surface area contributed by atoms with Crippen molar-refractivity contribution in [1.82, 2.24) is 5.32 Å². The Morgan fingerprint density at radius 1 is 1.15 bits per heavy atom. The topological polar surface area (TPSA) is 12.0 Å². The van der Waals surface area contributed by atoms with Crippen molar-refractivity contribution in [3.8, 4) is 0 Å². The quantitative estimate of drug-likeness (QED) is 0.767. The van der Waals surface area contributed by atoms with Crippen LogP contribution in [-0.4, -0.2) is 6.54 Å². The third kappa shape index (κ3) is 3.72. The van der Waals surface area contributed by atoms with Crippen molar-refractivity contribution in [2.24, 2.45) is 0 Å². The van der Waals surface area contributed by atoms with E-state index < -0.39 is 0 Å². The first-order chi connectivity index (χ1) is 9.51. The van der Waals surface area contributed by atoms with Gasteiger partial charge in [0, 0.05) is 10.9 Å². The van der Waals surface area contributed by atoms with Crippen LogP contribution in [-0.2, 0) is 6.42 Å². The molecule has 1 N–H and O–H groups in total. The number of halogens is 1. The Labute approximate surface area is 134 Å². The predicted octanol–water partition coefficient (Wildman–Crippen LogP) is 5.33. The Hall–Kier alpha value is -0.640. The summed E-state index contributed by atoms with van der Waals surface area (Å²) in [5, 5.41) is 3.62. The van der Waals surface area contributed by atoms with Gasteiger partial charge in [-0.05, 0) is 78.5 Å². The molecular weight excluding hydrogens is 330 g/mol. The maximum Gasteiger partial charge on any atom is 0.0701 e. The molecule has 0 aliphatic carbocycles. The monoisotopic (exact) mass is 351 g/mol. The molecule has 0 aliphatic rings. The Morgan fingerprint density at radius 3 is 2.30 bits per heavy atom. The Bertz CT molecular complexity index is 565. The number of hydrogen-bond donors (Lipinski definition) is 1. The number of hydrogen-bond acceptors (Lipinski definition) is 2. The van der Waals surface area contributed by atoms with Gasteiger partial charge in [0.1, 0.15) is 0 Å². The minimum Gasteiger partial charge on any atom is -0.309 e. The van der Waals surface area contributed by atoms with E-state index in [0.29, 0.717) is 6.04 Å². The summed E-state index contributed by atoms with van der Waals surface area (Å²) in [6, 6.07) is 9.34. The van der Waals surface area contributed by atoms with Crippen LogP contribution >= 0.6 is 27.3 Å². The van der Waals surface area contributed by atoms with E-state index in [9.17, 15) is 0 Å². The standard InChI is InChI=1S/C17H22BrNS/c1-5-19-15(16-6-7-17(18)20-16)10-14-12(3)8-11(2)9-13(14)4/h6-9,15,19H,5,10H2,1-4H3. The van der Waals surface area contributed by atoms with Gasteiger partial charge in [0.2, 0.25) is 0 Å². The van der Waals surface area contributed by atoms with E-state index in [0.717, 1.165) is 13.0 Å². The fourth-order valence-corrected chi connectivity index (χ4v) is 4.27. The number of rotatable bonds is 5. The largest absolute Gasteiger partial charge is 0.309 e. The molecule has 0 fully saturated rings. The van der Waals surface area contributed by atoms with Crippen molar-refractivity contribution in [3.63, 3.8) is 0 Å². The van der Waals surface area contributed by atoms with E-state index in [2.05, 4.69) is 73.2 Å². The summed E-state index contributed by atoms with van der Waals surface area (Å²) in [6.45, 7) is 9.78. The van der Waals surface area contributed by atoms with Crippen LogP contribution in [0.4, 0.5) is 0 Å². The van der Waals surface area contributed by atoms with Crippen molar-refractivity contribution in [2.45, 2.75) is 40.2 Å². The zero-order valence-corrected chi connectivity index (χ0v) is 15.0. The van der Waals surface area contributed by atoms with Gasteiger partial charge in [-0.2, -0.15) is 0 Å². The number of likely N-dealkylation sites (N-methyl/N-ethyl adjacent to an activating group) is 1. The molecular formula is C17H22BrNS. The first-order valence-corrected chi connectivity index (χ1v) is 8.67. The second-order valence-corrected chi connectivity index (χ2v) is 7.83. The van der Waals surface area contributed by atoms with E-state index in [1.807, 2.05) is 11.3 Å². The number of aryl methyl sites for hydroxylation is 3. The molecule has 0 aliphatic heterocycles. The van der Waals surface area contributed by atoms with Crippen LogP contribution < -0.4 is 5.32 Å². The minimum absolute atomic E-state index is 0.399. The van der Waals surface area contributed by atoms with E-state index in [-0.39, 0.29) is 0 Å². The van der Waals surface area contributed by atoms with Gasteiger partial charge >= 0.3 is 0 Å². The molecule has 1 heterocycles.